The van der Waals surface area contributed by atoms with Crippen LogP contribution < -0.4 is 21.9 Å². The smallest absolute Gasteiger partial charge is 0.326 e. The Labute approximate surface area is 244 Å². The number of carboxylic acid groups (broad SMARTS) is 3. The summed E-state index contributed by atoms with van der Waals surface area (Å²) in [5, 5.41) is 28.2. The van der Waals surface area contributed by atoms with Crippen molar-refractivity contribution in [2.45, 2.75) is 51.2 Å². The van der Waals surface area contributed by atoms with Crippen LogP contribution in [0.1, 0.15) is 48.5 Å². The largest absolute Gasteiger partial charge is 0.481 e. The van der Waals surface area contributed by atoms with Gasteiger partial charge in [-0.3, -0.25) is 33.9 Å². The first-order valence-electron chi connectivity index (χ1n) is 13.2. The first kappa shape index (κ1) is 32.2. The van der Waals surface area contributed by atoms with Crippen LogP contribution in [0.5, 0.6) is 0 Å². The number of nitrogens with zero attached hydrogens (tertiary/aromatic N) is 3. The van der Waals surface area contributed by atoms with Gasteiger partial charge in [0.1, 0.15) is 12.1 Å². The van der Waals surface area contributed by atoms with Gasteiger partial charge in [-0.25, -0.2) is 9.78 Å². The number of rotatable bonds is 14. The molecule has 0 saturated heterocycles. The number of aromatic nitrogens is 2. The van der Waals surface area contributed by atoms with Crippen LogP contribution in [0, 0.1) is 0 Å². The highest BCUT2D eigenvalue weighted by molar-refractivity contribution is 6.07. The zero-order valence-corrected chi connectivity index (χ0v) is 23.2. The number of hydrogen-bond acceptors (Lipinski definition) is 10. The minimum atomic E-state index is -1.80. The van der Waals surface area contributed by atoms with Crippen LogP contribution in [-0.2, 0) is 25.7 Å². The van der Waals surface area contributed by atoms with Gasteiger partial charge in [-0.05, 0) is 61.7 Å². The molecule has 2 atom stereocenters. The zero-order chi connectivity index (χ0) is 31.8. The summed E-state index contributed by atoms with van der Waals surface area (Å²) in [4.78, 5) is 82.0. The van der Waals surface area contributed by atoms with Gasteiger partial charge in [-0.1, -0.05) is 6.07 Å². The number of nitrogens with two attached hydrogens (primary N) is 2. The number of amides is 2. The van der Waals surface area contributed by atoms with Crippen molar-refractivity contribution < 1.29 is 39.3 Å². The molecular weight excluding hydrogens is 564 g/mol. The highest BCUT2D eigenvalue weighted by atomic mass is 16.4. The van der Waals surface area contributed by atoms with E-state index in [-0.39, 0.29) is 23.5 Å². The quantitative estimate of drug-likeness (QED) is 0.152. The second-order valence-electron chi connectivity index (χ2n) is 9.70. The zero-order valence-electron chi connectivity index (χ0n) is 23.2. The Balaban J connectivity index is 1.87. The number of hydrogen-bond donors (Lipinski definition) is 6. The van der Waals surface area contributed by atoms with Gasteiger partial charge in [0, 0.05) is 37.2 Å². The average molecular weight is 597 g/mol. The Morgan fingerprint density at radius 2 is 1.63 bits per heavy atom. The third-order valence-electron chi connectivity index (χ3n) is 6.72. The van der Waals surface area contributed by atoms with Crippen LogP contribution in [0.25, 0.3) is 10.9 Å². The van der Waals surface area contributed by atoms with Crippen LogP contribution in [0.4, 0.5) is 11.6 Å². The second-order valence-corrected chi connectivity index (χ2v) is 9.70. The van der Waals surface area contributed by atoms with E-state index in [0.717, 1.165) is 5.56 Å². The van der Waals surface area contributed by atoms with E-state index in [1.54, 1.807) is 30.3 Å². The Hall–Kier alpha value is -5.31. The van der Waals surface area contributed by atoms with Gasteiger partial charge < -0.3 is 31.7 Å². The summed E-state index contributed by atoms with van der Waals surface area (Å²) in [6.45, 7) is 2.82. The van der Waals surface area contributed by atoms with Crippen LogP contribution in [0.2, 0.25) is 0 Å². The molecule has 0 spiro atoms. The maximum Gasteiger partial charge on any atom is 0.326 e. The maximum absolute atomic E-state index is 13.5. The van der Waals surface area contributed by atoms with E-state index in [1.807, 2.05) is 11.8 Å². The number of carboxylic acids is 3. The molecule has 0 saturated carbocycles. The number of carbonyl (C=O) groups is 5. The van der Waals surface area contributed by atoms with E-state index < -0.39 is 61.1 Å². The van der Waals surface area contributed by atoms with Crippen molar-refractivity contribution >= 4 is 52.3 Å². The van der Waals surface area contributed by atoms with Crippen molar-refractivity contribution in [3.63, 3.8) is 0 Å². The Morgan fingerprint density at radius 3 is 2.21 bits per heavy atom. The summed E-state index contributed by atoms with van der Waals surface area (Å²) in [6, 6.07) is 7.97. The average Bonchev–Trinajstić information content (AvgIpc) is 2.96. The summed E-state index contributed by atoms with van der Waals surface area (Å²) < 4.78 is 0. The fraction of sp³-hybridized carbons (Fsp3) is 0.321. The molecule has 0 aliphatic carbocycles. The number of aromatic amines is 1. The molecule has 2 amide bonds. The lowest BCUT2D eigenvalue weighted by Gasteiger charge is -2.28. The van der Waals surface area contributed by atoms with E-state index in [2.05, 4.69) is 9.97 Å². The summed E-state index contributed by atoms with van der Waals surface area (Å²) >= 11 is 0. The molecule has 2 aromatic carbocycles. The van der Waals surface area contributed by atoms with Gasteiger partial charge in [-0.2, -0.15) is 0 Å². The minimum Gasteiger partial charge on any atom is -0.481 e. The molecule has 3 rings (SSSR count). The monoisotopic (exact) mass is 596 g/mol. The Kier molecular flexibility index (Phi) is 10.5. The van der Waals surface area contributed by atoms with Gasteiger partial charge in [-0.15, -0.1) is 0 Å². The van der Waals surface area contributed by atoms with E-state index >= 15 is 0 Å². The van der Waals surface area contributed by atoms with Gasteiger partial charge >= 0.3 is 17.9 Å². The van der Waals surface area contributed by atoms with Gasteiger partial charge in [0.2, 0.25) is 11.9 Å². The first-order chi connectivity index (χ1) is 20.3. The van der Waals surface area contributed by atoms with Crippen LogP contribution >= 0.6 is 0 Å². The molecule has 1 aromatic heterocycles. The predicted molar refractivity (Wildman–Crippen MR) is 154 cm³/mol. The Morgan fingerprint density at radius 1 is 0.953 bits per heavy atom. The van der Waals surface area contributed by atoms with E-state index in [4.69, 9.17) is 21.7 Å². The number of carbonyl (C=O) groups excluding carboxylic acids is 2. The molecule has 0 aliphatic rings. The van der Waals surface area contributed by atoms with Crippen LogP contribution in [0.15, 0.2) is 47.3 Å². The molecule has 1 heterocycles. The summed E-state index contributed by atoms with van der Waals surface area (Å²) in [6.07, 6.45) is -2.09. The molecule has 15 nitrogen and oxygen atoms in total. The molecule has 0 aliphatic heterocycles. The number of nitrogens with one attached hydrogen (secondary N) is 1. The van der Waals surface area contributed by atoms with Gasteiger partial charge in [0.25, 0.3) is 11.5 Å². The van der Waals surface area contributed by atoms with E-state index in [0.29, 0.717) is 34.6 Å². The molecule has 15 heteroatoms. The Bertz CT molecular complexity index is 1590. The SMILES string of the molecule is CCN(Cc1ccc2nc(N)[nH]c(=O)c2c1)c1ccc(C(=O)N(C(=O)CC[C@H](N)C(=O)O)[C@H](CCC(=O)O)C(=O)O)cc1. The van der Waals surface area contributed by atoms with Crippen LogP contribution in [0.3, 0.4) is 0 Å². The fourth-order valence-corrected chi connectivity index (χ4v) is 4.44. The number of H-pyrrole nitrogens is 1. The highest BCUT2D eigenvalue weighted by Gasteiger charge is 2.36. The second kappa shape index (κ2) is 14.0. The standard InChI is InChI=1S/C28H32N6O9/c1-2-33(14-15-3-9-20-18(13-15)24(38)32-28(30)31-20)17-6-4-16(5-7-17)25(39)34(21(27(42)43)10-12-23(36)37)22(35)11-8-19(29)26(40)41/h3-7,9,13,19,21H,2,8,10-12,14,29H2,1H3,(H,36,37)(H,40,41)(H,42,43)(H3,30,31,32,38)/t19-,21+/m0/s1. The van der Waals surface area contributed by atoms with E-state index in [9.17, 15) is 33.9 Å². The van der Waals surface area contributed by atoms with Crippen molar-refractivity contribution in [2.24, 2.45) is 5.73 Å². The maximum atomic E-state index is 13.5. The lowest BCUT2D eigenvalue weighted by atomic mass is 10.0. The fourth-order valence-electron chi connectivity index (χ4n) is 4.44. The molecule has 0 fully saturated rings. The molecular formula is C28H32N6O9. The van der Waals surface area contributed by atoms with Crippen molar-refractivity contribution in [3.05, 3.63) is 63.9 Å². The van der Waals surface area contributed by atoms with Crippen molar-refractivity contribution in [1.29, 1.82) is 0 Å². The van der Waals surface area contributed by atoms with E-state index in [1.165, 1.54) is 12.1 Å². The molecule has 0 bridgehead atoms. The highest BCUT2D eigenvalue weighted by Crippen LogP contribution is 2.22. The van der Waals surface area contributed by atoms with Gasteiger partial charge in [0.15, 0.2) is 0 Å². The van der Waals surface area contributed by atoms with Crippen molar-refractivity contribution in [1.82, 2.24) is 14.9 Å². The van der Waals surface area contributed by atoms with Crippen molar-refractivity contribution in [2.75, 3.05) is 17.2 Å². The minimum absolute atomic E-state index is 0.00994. The molecule has 8 N–H and O–H groups in total. The first-order valence-corrected chi connectivity index (χ1v) is 13.2. The van der Waals surface area contributed by atoms with Gasteiger partial charge in [0.05, 0.1) is 10.9 Å². The molecule has 3 aromatic rings. The number of anilines is 2. The van der Waals surface area contributed by atoms with Crippen molar-refractivity contribution in [3.8, 4) is 0 Å². The summed E-state index contributed by atoms with van der Waals surface area (Å²) in [5.41, 5.74) is 12.6. The van der Waals surface area contributed by atoms with Crippen LogP contribution in [-0.4, -0.2) is 78.5 Å². The lowest BCUT2D eigenvalue weighted by Crippen LogP contribution is -2.49. The summed E-state index contributed by atoms with van der Waals surface area (Å²) in [7, 11) is 0. The summed E-state index contributed by atoms with van der Waals surface area (Å²) in [5.74, 6) is -6.26. The molecule has 43 heavy (non-hydrogen) atoms. The lowest BCUT2D eigenvalue weighted by molar-refractivity contribution is -0.149. The number of nitrogen functional groups attached to an aromatic ring is 1. The molecule has 228 valence electrons. The topological polar surface area (TPSA) is 250 Å². The third-order valence-corrected chi connectivity index (χ3v) is 6.72. The number of fused-ring (bicyclic) bond motifs is 1. The molecule has 0 radical (unpaired) electrons. The number of aliphatic carboxylic acids is 3. The normalized spacial score (nSPS) is 12.3. The molecule has 0 unspecified atom stereocenters. The third kappa shape index (κ3) is 8.13. The number of imide groups is 1. The number of benzene rings is 2. The predicted octanol–water partition coefficient (Wildman–Crippen LogP) is 1.01.